The summed E-state index contributed by atoms with van der Waals surface area (Å²) in [4.78, 5) is 27.7. The van der Waals surface area contributed by atoms with Crippen molar-refractivity contribution in [3.63, 3.8) is 0 Å². The van der Waals surface area contributed by atoms with Crippen LogP contribution < -0.4 is 0 Å². The fraction of sp³-hybridized carbons (Fsp3) is 0.417. The highest BCUT2D eigenvalue weighted by Crippen LogP contribution is 2.41. The van der Waals surface area contributed by atoms with Gasteiger partial charge in [0.25, 0.3) is 0 Å². The maximum Gasteiger partial charge on any atom is 0.417 e. The molecule has 1 saturated heterocycles. The molecule has 5 heteroatoms. The summed E-state index contributed by atoms with van der Waals surface area (Å²) < 4.78 is 19.0. The minimum Gasteiger partial charge on any atom is -0.441 e. The van der Waals surface area contributed by atoms with Gasteiger partial charge in [-0.2, -0.15) is 0 Å². The topological polar surface area (TPSA) is 46.6 Å². The molecule has 29 heavy (non-hydrogen) atoms. The molecule has 3 rings (SSSR count). The van der Waals surface area contributed by atoms with Gasteiger partial charge in [-0.05, 0) is 48.9 Å². The number of halogens is 1. The van der Waals surface area contributed by atoms with Crippen LogP contribution in [0, 0.1) is 11.2 Å². The fourth-order valence-corrected chi connectivity index (χ4v) is 4.01. The summed E-state index contributed by atoms with van der Waals surface area (Å²) >= 11 is 0. The number of ether oxygens (including phenoxy) is 1. The average molecular weight is 397 g/mol. The summed E-state index contributed by atoms with van der Waals surface area (Å²) in [5.41, 5.74) is 0.420. The second-order valence-corrected chi connectivity index (χ2v) is 9.24. The van der Waals surface area contributed by atoms with Gasteiger partial charge >= 0.3 is 6.09 Å². The summed E-state index contributed by atoms with van der Waals surface area (Å²) in [5.74, 6) is -1.29. The van der Waals surface area contributed by atoms with E-state index in [2.05, 4.69) is 0 Å². The number of cyclic esters (lactones) is 1. The van der Waals surface area contributed by atoms with Crippen molar-refractivity contribution in [2.24, 2.45) is 5.41 Å². The smallest absolute Gasteiger partial charge is 0.417 e. The highest BCUT2D eigenvalue weighted by molar-refractivity contribution is 5.98. The SMILES string of the molecule is CC(C)(C)[C@H](C(=O)N1C(=O)OC(C)(C)[C@@H]1Cc1ccccc1)c1ccc(F)cc1. The van der Waals surface area contributed by atoms with Crippen molar-refractivity contribution in [1.29, 1.82) is 0 Å². The number of nitrogens with zero attached hydrogens (tertiary/aromatic N) is 1. The highest BCUT2D eigenvalue weighted by Gasteiger charge is 2.53. The maximum absolute atomic E-state index is 13.7. The fourth-order valence-electron chi connectivity index (χ4n) is 4.01. The van der Waals surface area contributed by atoms with Crippen LogP contribution in [-0.2, 0) is 16.0 Å². The molecule has 4 nitrogen and oxygen atoms in total. The number of benzene rings is 2. The standard InChI is InChI=1S/C24H28FNO3/c1-23(2,3)20(17-11-13-18(25)14-12-17)21(27)26-19(24(4,5)29-22(26)28)15-16-9-7-6-8-10-16/h6-14,19-20H,15H2,1-5H3/t19-,20-/m0/s1. The van der Waals surface area contributed by atoms with Crippen molar-refractivity contribution in [2.75, 3.05) is 0 Å². The van der Waals surface area contributed by atoms with Crippen LogP contribution in [0.5, 0.6) is 0 Å². The van der Waals surface area contributed by atoms with E-state index in [-0.39, 0.29) is 11.7 Å². The summed E-state index contributed by atoms with van der Waals surface area (Å²) in [7, 11) is 0. The van der Waals surface area contributed by atoms with Crippen LogP contribution in [0.1, 0.15) is 51.7 Å². The van der Waals surface area contributed by atoms with E-state index in [4.69, 9.17) is 4.74 Å². The highest BCUT2D eigenvalue weighted by atomic mass is 19.1. The normalized spacial score (nSPS) is 19.7. The molecule has 0 unspecified atom stereocenters. The van der Waals surface area contributed by atoms with E-state index in [9.17, 15) is 14.0 Å². The number of carbonyl (C=O) groups excluding carboxylic acids is 2. The Bertz CT molecular complexity index is 885. The van der Waals surface area contributed by atoms with E-state index in [1.54, 1.807) is 12.1 Å². The predicted molar refractivity (Wildman–Crippen MR) is 110 cm³/mol. The van der Waals surface area contributed by atoms with Crippen LogP contribution in [0.3, 0.4) is 0 Å². The average Bonchev–Trinajstić information content (AvgIpc) is 2.85. The molecule has 1 fully saturated rings. The first-order valence-corrected chi connectivity index (χ1v) is 9.86. The molecular weight excluding hydrogens is 369 g/mol. The van der Waals surface area contributed by atoms with Crippen LogP contribution in [0.4, 0.5) is 9.18 Å². The Kier molecular flexibility index (Phi) is 5.52. The van der Waals surface area contributed by atoms with Crippen LogP contribution in [0.15, 0.2) is 54.6 Å². The second-order valence-electron chi connectivity index (χ2n) is 9.24. The second kappa shape index (κ2) is 7.62. The van der Waals surface area contributed by atoms with Gasteiger partial charge in [0.05, 0.1) is 12.0 Å². The quantitative estimate of drug-likeness (QED) is 0.701. The lowest BCUT2D eigenvalue weighted by Gasteiger charge is -2.35. The summed E-state index contributed by atoms with van der Waals surface area (Å²) in [6.07, 6.45) is -0.122. The monoisotopic (exact) mass is 397 g/mol. The number of rotatable bonds is 4. The number of hydrogen-bond acceptors (Lipinski definition) is 3. The molecule has 1 aliphatic rings. The van der Waals surface area contributed by atoms with E-state index < -0.39 is 29.1 Å². The molecule has 2 aromatic carbocycles. The molecule has 0 spiro atoms. The number of carbonyl (C=O) groups is 2. The first-order valence-electron chi connectivity index (χ1n) is 9.86. The van der Waals surface area contributed by atoms with Crippen molar-refractivity contribution < 1.29 is 18.7 Å². The summed E-state index contributed by atoms with van der Waals surface area (Å²) in [6.45, 7) is 9.48. The number of imide groups is 1. The van der Waals surface area contributed by atoms with Crippen molar-refractivity contribution in [2.45, 2.75) is 58.6 Å². The van der Waals surface area contributed by atoms with Gasteiger partial charge in [-0.15, -0.1) is 0 Å². The Hall–Kier alpha value is -2.69. The van der Waals surface area contributed by atoms with Crippen molar-refractivity contribution in [3.05, 3.63) is 71.5 Å². The van der Waals surface area contributed by atoms with E-state index in [1.807, 2.05) is 65.0 Å². The van der Waals surface area contributed by atoms with Crippen molar-refractivity contribution >= 4 is 12.0 Å². The number of hydrogen-bond donors (Lipinski definition) is 0. The third-order valence-corrected chi connectivity index (χ3v) is 5.49. The Morgan fingerprint density at radius 3 is 2.24 bits per heavy atom. The van der Waals surface area contributed by atoms with Gasteiger partial charge in [-0.1, -0.05) is 63.2 Å². The Morgan fingerprint density at radius 2 is 1.69 bits per heavy atom. The molecule has 1 heterocycles. The zero-order chi connectivity index (χ0) is 21.4. The van der Waals surface area contributed by atoms with E-state index in [0.717, 1.165) is 5.56 Å². The van der Waals surface area contributed by atoms with Crippen molar-refractivity contribution in [1.82, 2.24) is 4.90 Å². The minimum absolute atomic E-state index is 0.319. The molecule has 2 atom stereocenters. The van der Waals surface area contributed by atoms with Crippen molar-refractivity contribution in [3.8, 4) is 0 Å². The van der Waals surface area contributed by atoms with Crippen LogP contribution >= 0.6 is 0 Å². The number of amides is 2. The molecule has 0 N–H and O–H groups in total. The predicted octanol–water partition coefficient (Wildman–Crippen LogP) is 5.32. The summed E-state index contributed by atoms with van der Waals surface area (Å²) in [6, 6.07) is 15.2. The lowest BCUT2D eigenvalue weighted by molar-refractivity contribution is -0.133. The largest absolute Gasteiger partial charge is 0.441 e. The van der Waals surface area contributed by atoms with E-state index in [1.165, 1.54) is 17.0 Å². The molecule has 0 aliphatic carbocycles. The van der Waals surface area contributed by atoms with Gasteiger partial charge in [-0.3, -0.25) is 4.79 Å². The first-order chi connectivity index (χ1) is 13.5. The molecule has 1 aliphatic heterocycles. The Morgan fingerprint density at radius 1 is 1.10 bits per heavy atom. The lowest BCUT2D eigenvalue weighted by Crippen LogP contribution is -2.49. The molecule has 0 bridgehead atoms. The zero-order valence-corrected chi connectivity index (χ0v) is 17.6. The van der Waals surface area contributed by atoms with E-state index in [0.29, 0.717) is 12.0 Å². The zero-order valence-electron chi connectivity index (χ0n) is 17.6. The first kappa shape index (κ1) is 21.0. The maximum atomic E-state index is 13.7. The van der Waals surface area contributed by atoms with Gasteiger partial charge in [0.1, 0.15) is 11.4 Å². The molecule has 2 amide bonds. The molecule has 0 saturated carbocycles. The van der Waals surface area contributed by atoms with Gasteiger partial charge in [0, 0.05) is 0 Å². The Balaban J connectivity index is 2.00. The Labute approximate surface area is 171 Å². The van der Waals surface area contributed by atoms with Gasteiger partial charge < -0.3 is 4.74 Å². The molecule has 0 radical (unpaired) electrons. The molecule has 154 valence electrons. The van der Waals surface area contributed by atoms with Gasteiger partial charge in [0.2, 0.25) is 5.91 Å². The third-order valence-electron chi connectivity index (χ3n) is 5.49. The minimum atomic E-state index is -0.812. The third kappa shape index (κ3) is 4.34. The molecule has 0 aromatic heterocycles. The molecule has 2 aromatic rings. The lowest BCUT2D eigenvalue weighted by atomic mass is 9.75. The van der Waals surface area contributed by atoms with Gasteiger partial charge in [0.15, 0.2) is 0 Å². The van der Waals surface area contributed by atoms with Gasteiger partial charge in [-0.25, -0.2) is 14.1 Å². The van der Waals surface area contributed by atoms with Crippen LogP contribution in [0.2, 0.25) is 0 Å². The van der Waals surface area contributed by atoms with Crippen LogP contribution in [0.25, 0.3) is 0 Å². The molecular formula is C24H28FNO3. The van der Waals surface area contributed by atoms with E-state index >= 15 is 0 Å². The van der Waals surface area contributed by atoms with Crippen LogP contribution in [-0.4, -0.2) is 28.5 Å². The summed E-state index contributed by atoms with van der Waals surface area (Å²) in [5, 5.41) is 0.